The Bertz CT molecular complexity index is 1460. The van der Waals surface area contributed by atoms with Crippen LogP contribution in [0.15, 0.2) is 117 Å². The van der Waals surface area contributed by atoms with Crippen LogP contribution in [0.25, 0.3) is 6.08 Å². The summed E-state index contributed by atoms with van der Waals surface area (Å²) in [6, 6.07) is 27.9. The molecular formula is C29H23N3O4S. The third-order valence-electron chi connectivity index (χ3n) is 5.46. The highest BCUT2D eigenvalue weighted by atomic mass is 32.2. The monoisotopic (exact) mass is 509 g/mol. The fourth-order valence-electron chi connectivity index (χ4n) is 3.60. The number of carbonyl (C=O) groups is 1. The number of phenolic OH excluding ortho intramolecular Hbond substituents is 1. The minimum atomic E-state index is -0.200. The molecule has 7 nitrogen and oxygen atoms in total. The van der Waals surface area contributed by atoms with Gasteiger partial charge in [-0.2, -0.15) is 5.10 Å². The summed E-state index contributed by atoms with van der Waals surface area (Å²) in [7, 11) is 0. The lowest BCUT2D eigenvalue weighted by atomic mass is 10.2. The molecule has 0 aliphatic carbocycles. The van der Waals surface area contributed by atoms with Gasteiger partial charge in [-0.05, 0) is 65.4 Å². The highest BCUT2D eigenvalue weighted by Gasteiger charge is 2.34. The van der Waals surface area contributed by atoms with Gasteiger partial charge < -0.3 is 14.3 Å². The van der Waals surface area contributed by atoms with E-state index in [0.717, 1.165) is 11.1 Å². The predicted molar refractivity (Wildman–Crippen MR) is 145 cm³/mol. The molecule has 1 saturated heterocycles. The Balaban J connectivity index is 1.37. The van der Waals surface area contributed by atoms with Gasteiger partial charge in [0.05, 0.1) is 23.9 Å². The van der Waals surface area contributed by atoms with E-state index < -0.39 is 0 Å². The van der Waals surface area contributed by atoms with Crippen LogP contribution in [-0.2, 0) is 17.9 Å². The summed E-state index contributed by atoms with van der Waals surface area (Å²) in [5.41, 5.74) is 2.44. The van der Waals surface area contributed by atoms with Crippen LogP contribution in [0.4, 0.5) is 0 Å². The second-order valence-electron chi connectivity index (χ2n) is 8.11. The maximum Gasteiger partial charge on any atom is 0.267 e. The maximum atomic E-state index is 13.3. The van der Waals surface area contributed by atoms with Crippen LogP contribution in [0.2, 0.25) is 0 Å². The molecule has 37 heavy (non-hydrogen) atoms. The van der Waals surface area contributed by atoms with Gasteiger partial charge in [-0.3, -0.25) is 9.69 Å². The van der Waals surface area contributed by atoms with Gasteiger partial charge in [-0.1, -0.05) is 54.6 Å². The van der Waals surface area contributed by atoms with Crippen LogP contribution < -0.4 is 4.74 Å². The number of furan rings is 1. The van der Waals surface area contributed by atoms with Crippen LogP contribution in [0.3, 0.4) is 0 Å². The lowest BCUT2D eigenvalue weighted by Gasteiger charge is -2.12. The third-order valence-corrected chi connectivity index (χ3v) is 6.46. The molecule has 4 aromatic rings. The average Bonchev–Trinajstić information content (AvgIpc) is 3.54. The smallest absolute Gasteiger partial charge is 0.267 e. The first-order valence-electron chi connectivity index (χ1n) is 11.6. The summed E-state index contributed by atoms with van der Waals surface area (Å²) in [5, 5.41) is 18.8. The first kappa shape index (κ1) is 24.1. The first-order valence-corrected chi connectivity index (χ1v) is 12.4. The highest BCUT2D eigenvalue weighted by molar-refractivity contribution is 8.18. The number of carbonyl (C=O) groups excluding carboxylic acids is 1. The van der Waals surface area contributed by atoms with Crippen molar-refractivity contribution in [3.8, 4) is 11.5 Å². The minimum Gasteiger partial charge on any atom is -0.507 e. The topological polar surface area (TPSA) is 87.6 Å². The van der Waals surface area contributed by atoms with Crippen molar-refractivity contribution < 1.29 is 19.1 Å². The molecule has 1 aliphatic rings. The van der Waals surface area contributed by atoms with Gasteiger partial charge in [0.15, 0.2) is 5.17 Å². The summed E-state index contributed by atoms with van der Waals surface area (Å²) in [5.74, 6) is 1.24. The summed E-state index contributed by atoms with van der Waals surface area (Å²) < 4.78 is 11.4. The van der Waals surface area contributed by atoms with Gasteiger partial charge in [0.25, 0.3) is 5.91 Å². The van der Waals surface area contributed by atoms with Crippen molar-refractivity contribution in [1.29, 1.82) is 0 Å². The molecule has 3 aromatic carbocycles. The molecule has 2 heterocycles. The fraction of sp³-hybridized carbons (Fsp3) is 0.0690. The molecule has 8 heteroatoms. The highest BCUT2D eigenvalue weighted by Crippen LogP contribution is 2.34. The Morgan fingerprint density at radius 2 is 1.81 bits per heavy atom. The number of rotatable bonds is 8. The number of para-hydroxylation sites is 1. The van der Waals surface area contributed by atoms with Gasteiger partial charge in [-0.25, -0.2) is 0 Å². The van der Waals surface area contributed by atoms with Crippen LogP contribution in [-0.4, -0.2) is 27.3 Å². The van der Waals surface area contributed by atoms with Gasteiger partial charge in [0.1, 0.15) is 23.9 Å². The van der Waals surface area contributed by atoms with E-state index >= 15 is 0 Å². The molecule has 0 spiro atoms. The maximum absolute atomic E-state index is 13.3. The zero-order chi connectivity index (χ0) is 25.5. The molecule has 184 valence electrons. The van der Waals surface area contributed by atoms with Crippen molar-refractivity contribution in [2.75, 3.05) is 0 Å². The number of ether oxygens (including phenoxy) is 1. The number of thioether (sulfide) groups is 1. The lowest BCUT2D eigenvalue weighted by Crippen LogP contribution is -2.28. The number of phenols is 1. The van der Waals surface area contributed by atoms with E-state index in [1.54, 1.807) is 42.7 Å². The molecule has 0 unspecified atom stereocenters. The molecule has 0 atom stereocenters. The normalized spacial score (nSPS) is 15.8. The molecule has 1 fully saturated rings. The van der Waals surface area contributed by atoms with Crippen molar-refractivity contribution >= 4 is 35.1 Å². The quantitative estimate of drug-likeness (QED) is 0.177. The first-order chi connectivity index (χ1) is 18.2. The third kappa shape index (κ3) is 6.17. The molecule has 0 saturated carbocycles. The molecule has 5 rings (SSSR count). The molecule has 1 N–H and O–H groups in total. The SMILES string of the molecule is O=C1/C(=C/c2cccc(OCc3ccccc3)c2)S/C(=N\N=C\c2ccccc2O)N1Cc1ccco1. The largest absolute Gasteiger partial charge is 0.507 e. The molecule has 0 radical (unpaired) electrons. The predicted octanol–water partition coefficient (Wildman–Crippen LogP) is 6.07. The van der Waals surface area contributed by atoms with Crippen LogP contribution in [0, 0.1) is 0 Å². The van der Waals surface area contributed by atoms with Crippen molar-refractivity contribution in [3.63, 3.8) is 0 Å². The number of amidine groups is 1. The number of hydrogen-bond acceptors (Lipinski definition) is 7. The number of benzene rings is 3. The van der Waals surface area contributed by atoms with Gasteiger partial charge in [0.2, 0.25) is 0 Å². The van der Waals surface area contributed by atoms with E-state index in [4.69, 9.17) is 9.15 Å². The van der Waals surface area contributed by atoms with Crippen molar-refractivity contribution in [2.45, 2.75) is 13.2 Å². The number of amides is 1. The fourth-order valence-corrected chi connectivity index (χ4v) is 4.54. The summed E-state index contributed by atoms with van der Waals surface area (Å²) in [4.78, 5) is 15.3. The van der Waals surface area contributed by atoms with E-state index in [1.807, 2.05) is 60.7 Å². The van der Waals surface area contributed by atoms with Crippen LogP contribution in [0.1, 0.15) is 22.5 Å². The Hall–Kier alpha value is -4.56. The summed E-state index contributed by atoms with van der Waals surface area (Å²) in [6.45, 7) is 0.679. The van der Waals surface area contributed by atoms with E-state index in [2.05, 4.69) is 10.2 Å². The van der Waals surface area contributed by atoms with Crippen molar-refractivity contribution in [1.82, 2.24) is 4.90 Å². The van der Waals surface area contributed by atoms with Crippen LogP contribution in [0.5, 0.6) is 11.5 Å². The van der Waals surface area contributed by atoms with Gasteiger partial charge in [0, 0.05) is 5.56 Å². The number of aromatic hydroxyl groups is 1. The Labute approximate surface area is 218 Å². The number of nitrogens with zero attached hydrogens (tertiary/aromatic N) is 3. The van der Waals surface area contributed by atoms with E-state index in [0.29, 0.717) is 33.8 Å². The van der Waals surface area contributed by atoms with Crippen molar-refractivity contribution in [2.24, 2.45) is 10.2 Å². The molecular weight excluding hydrogens is 486 g/mol. The Kier molecular flexibility index (Phi) is 7.47. The summed E-state index contributed by atoms with van der Waals surface area (Å²) >= 11 is 1.23. The minimum absolute atomic E-state index is 0.101. The Morgan fingerprint density at radius 3 is 2.62 bits per heavy atom. The molecule has 0 bridgehead atoms. The zero-order valence-corrected chi connectivity index (χ0v) is 20.5. The van der Waals surface area contributed by atoms with Crippen molar-refractivity contribution in [3.05, 3.63) is 125 Å². The zero-order valence-electron chi connectivity index (χ0n) is 19.7. The van der Waals surface area contributed by atoms with E-state index in [9.17, 15) is 9.90 Å². The second kappa shape index (κ2) is 11.5. The lowest BCUT2D eigenvalue weighted by molar-refractivity contribution is -0.122. The molecule has 1 aliphatic heterocycles. The summed E-state index contributed by atoms with van der Waals surface area (Å²) in [6.07, 6.45) is 4.83. The van der Waals surface area contributed by atoms with Crippen LogP contribution >= 0.6 is 11.8 Å². The molecule has 1 amide bonds. The number of hydrogen-bond donors (Lipinski definition) is 1. The standard InChI is InChI=1S/C29H23N3O4S/c33-26-14-5-4-11-23(26)18-30-31-29-32(19-25-13-7-15-35-25)28(34)27(37-29)17-22-10-6-12-24(16-22)36-20-21-8-2-1-3-9-21/h1-18,33H,19-20H2/b27-17-,30-18+,31-29-. The van der Waals surface area contributed by atoms with E-state index in [1.165, 1.54) is 22.9 Å². The van der Waals surface area contributed by atoms with Gasteiger partial charge in [-0.15, -0.1) is 5.10 Å². The second-order valence-corrected chi connectivity index (χ2v) is 9.12. The molecule has 1 aromatic heterocycles. The Morgan fingerprint density at radius 1 is 0.973 bits per heavy atom. The van der Waals surface area contributed by atoms with E-state index in [-0.39, 0.29) is 18.2 Å². The average molecular weight is 510 g/mol. The van der Waals surface area contributed by atoms with Gasteiger partial charge >= 0.3 is 0 Å².